The number of hydrogen-bond donors (Lipinski definition) is 3. The zero-order chi connectivity index (χ0) is 42.9. The summed E-state index contributed by atoms with van der Waals surface area (Å²) < 4.78 is 25.6. The summed E-state index contributed by atoms with van der Waals surface area (Å²) in [6.07, 6.45) is 1.47. The fraction of sp³-hybridized carbons (Fsp3) is 0.125. The van der Waals surface area contributed by atoms with E-state index in [0.717, 1.165) is 72.4 Å². The zero-order valence-corrected chi connectivity index (χ0v) is 38.6. The molecule has 0 saturated heterocycles. The average molecular weight is 933 g/mol. The summed E-state index contributed by atoms with van der Waals surface area (Å²) in [5.41, 5.74) is 0.887. The topological polar surface area (TPSA) is 141 Å². The van der Waals surface area contributed by atoms with Crippen molar-refractivity contribution in [2.24, 2.45) is 0 Å². The number of carbonyl (C=O) groups is 2. The van der Waals surface area contributed by atoms with Gasteiger partial charge >= 0.3 is 29.6 Å². The van der Waals surface area contributed by atoms with Gasteiger partial charge in [0.05, 0.1) is 46.7 Å². The van der Waals surface area contributed by atoms with E-state index in [2.05, 4.69) is 22.6 Å². The second-order valence-corrected chi connectivity index (χ2v) is 12.4. The molecule has 306 valence electrons. The molecule has 8 aromatic rings. The van der Waals surface area contributed by atoms with Crippen molar-refractivity contribution in [3.63, 3.8) is 0 Å². The van der Waals surface area contributed by atoms with Crippen LogP contribution < -0.4 is 53.2 Å². The van der Waals surface area contributed by atoms with Crippen LogP contribution in [-0.4, -0.2) is 68.4 Å². The van der Waals surface area contributed by atoms with Crippen molar-refractivity contribution >= 4 is 78.3 Å². The SMILES string of the molecule is CI.COc1ccc2c(C=O)c(O)ccc2c1.COc1ccc2c(C=O)c(OC)ccc2c1.COc1ccc2cc(OC)ccc2c1.Oc1ccc2cc(O)ccc2c1.[H-].[Na+]. The maximum atomic E-state index is 11.0. The number of halogens is 1. The van der Waals surface area contributed by atoms with Crippen molar-refractivity contribution in [2.45, 2.75) is 0 Å². The van der Waals surface area contributed by atoms with Gasteiger partial charge in [0.25, 0.3) is 0 Å². The van der Waals surface area contributed by atoms with Crippen LogP contribution in [0.4, 0.5) is 0 Å². The number of phenols is 3. The van der Waals surface area contributed by atoms with Crippen LogP contribution in [0.2, 0.25) is 0 Å². The standard InChI is InChI=1S/C13H12O3.C12H10O3.C12H12O2.C10H8O2.CH3I.Na.H/c1-15-10-4-5-11-9(7-10)3-6-13(16-2)12(11)8-14;1-15-9-3-4-10-8(6-9)2-5-12(14)11(10)7-13;1-13-11-5-3-10-8-12(14-2)6-4-9(10)7-11;11-9-3-1-7-5-10(12)4-2-8(7)6-9;1-2;;/h3-8H,1-2H3;2-7,14H,1H3;3-8H,1-2H3;1-6,11-12H;1H3;;/q;;;;;+1;-1. The van der Waals surface area contributed by atoms with Crippen molar-refractivity contribution in [3.8, 4) is 46.0 Å². The Balaban J connectivity index is 0.000000274. The molecule has 10 nitrogen and oxygen atoms in total. The van der Waals surface area contributed by atoms with Gasteiger partial charge in [0.1, 0.15) is 46.0 Å². The molecule has 0 aromatic heterocycles. The number of hydrogen-bond acceptors (Lipinski definition) is 10. The number of aromatic hydroxyl groups is 3. The predicted octanol–water partition coefficient (Wildman–Crippen LogP) is 8.31. The molecule has 0 radical (unpaired) electrons. The van der Waals surface area contributed by atoms with Crippen LogP contribution in [0.15, 0.2) is 133 Å². The molecule has 0 aliphatic heterocycles. The summed E-state index contributed by atoms with van der Waals surface area (Å²) in [6.45, 7) is 0. The normalized spacial score (nSPS) is 9.78. The number of benzene rings is 8. The summed E-state index contributed by atoms with van der Waals surface area (Å²) >= 11 is 2.15. The Bertz CT molecular complexity index is 2590. The molecule has 0 atom stereocenters. The Morgan fingerprint density at radius 3 is 1.15 bits per heavy atom. The summed E-state index contributed by atoms with van der Waals surface area (Å²) in [5.74, 6) is 4.33. The van der Waals surface area contributed by atoms with E-state index in [9.17, 15) is 14.7 Å². The van der Waals surface area contributed by atoms with Crippen LogP contribution in [0.3, 0.4) is 0 Å². The quantitative estimate of drug-likeness (QED) is 0.0619. The molecule has 3 N–H and O–H groups in total. The number of methoxy groups -OCH3 is 5. The van der Waals surface area contributed by atoms with Gasteiger partial charge in [0.2, 0.25) is 0 Å². The minimum atomic E-state index is 0. The van der Waals surface area contributed by atoms with E-state index in [4.69, 9.17) is 33.9 Å². The van der Waals surface area contributed by atoms with Gasteiger partial charge in [0, 0.05) is 0 Å². The van der Waals surface area contributed by atoms with E-state index in [1.165, 1.54) is 6.07 Å². The molecule has 0 bridgehead atoms. The number of rotatable bonds is 7. The van der Waals surface area contributed by atoms with Gasteiger partial charge in [-0.2, -0.15) is 0 Å². The van der Waals surface area contributed by atoms with Crippen LogP contribution in [0, 0.1) is 0 Å². The van der Waals surface area contributed by atoms with Crippen molar-refractivity contribution in [1.29, 1.82) is 0 Å². The fourth-order valence-corrected chi connectivity index (χ4v) is 5.99. The molecule has 8 rings (SSSR count). The van der Waals surface area contributed by atoms with E-state index in [-0.39, 0.29) is 48.2 Å². The molecule has 0 unspecified atom stereocenters. The summed E-state index contributed by atoms with van der Waals surface area (Å²) in [7, 11) is 8.10. The van der Waals surface area contributed by atoms with E-state index in [1.54, 1.807) is 96.2 Å². The van der Waals surface area contributed by atoms with Crippen LogP contribution in [-0.2, 0) is 0 Å². The summed E-state index contributed by atoms with van der Waals surface area (Å²) in [6, 6.07) is 39.9. The fourth-order valence-electron chi connectivity index (χ4n) is 5.99. The monoisotopic (exact) mass is 932 g/mol. The minimum absolute atomic E-state index is 0. The van der Waals surface area contributed by atoms with Crippen molar-refractivity contribution in [3.05, 3.63) is 145 Å². The van der Waals surface area contributed by atoms with E-state index in [1.807, 2.05) is 71.7 Å². The molecule has 8 aromatic carbocycles. The van der Waals surface area contributed by atoms with Gasteiger partial charge < -0.3 is 40.4 Å². The maximum absolute atomic E-state index is 11.0. The van der Waals surface area contributed by atoms with Crippen molar-refractivity contribution in [2.75, 3.05) is 40.5 Å². The Hall–Kier alpha value is -5.73. The van der Waals surface area contributed by atoms with Crippen LogP contribution in [0.5, 0.6) is 46.0 Å². The second-order valence-electron chi connectivity index (χ2n) is 12.4. The van der Waals surface area contributed by atoms with E-state index >= 15 is 0 Å². The van der Waals surface area contributed by atoms with Gasteiger partial charge in [-0.25, -0.2) is 0 Å². The number of aldehydes is 2. The Morgan fingerprint density at radius 1 is 0.417 bits per heavy atom. The number of phenolic OH excluding ortho intramolecular Hbond substituents is 3. The molecule has 0 fully saturated rings. The molecule has 0 aliphatic rings. The summed E-state index contributed by atoms with van der Waals surface area (Å²) in [4.78, 5) is 23.8. The molecule has 12 heteroatoms. The Labute approximate surface area is 386 Å². The van der Waals surface area contributed by atoms with Crippen LogP contribution in [0.25, 0.3) is 43.1 Å². The van der Waals surface area contributed by atoms with Crippen LogP contribution >= 0.6 is 22.6 Å². The smallest absolute Gasteiger partial charge is 1.00 e. The molecule has 0 aliphatic carbocycles. The van der Waals surface area contributed by atoms with Gasteiger partial charge in [-0.05, 0) is 145 Å². The number of ether oxygens (including phenoxy) is 5. The van der Waals surface area contributed by atoms with Gasteiger partial charge in [0.15, 0.2) is 12.6 Å². The van der Waals surface area contributed by atoms with Crippen LogP contribution in [0.1, 0.15) is 22.1 Å². The number of carbonyl (C=O) groups excluding carboxylic acids is 2. The Morgan fingerprint density at radius 2 is 0.750 bits per heavy atom. The maximum Gasteiger partial charge on any atom is 1.00 e. The molecule has 0 heterocycles. The van der Waals surface area contributed by atoms with Crippen molar-refractivity contribution in [1.82, 2.24) is 0 Å². The Kier molecular flexibility index (Phi) is 19.8. The third-order valence-electron chi connectivity index (χ3n) is 8.99. The molecule has 0 amide bonds. The van der Waals surface area contributed by atoms with E-state index in [0.29, 0.717) is 23.2 Å². The first-order valence-electron chi connectivity index (χ1n) is 17.9. The third-order valence-corrected chi connectivity index (χ3v) is 8.99. The predicted molar refractivity (Wildman–Crippen MR) is 245 cm³/mol. The molecule has 60 heavy (non-hydrogen) atoms. The van der Waals surface area contributed by atoms with Crippen molar-refractivity contribution < 1.29 is 79.6 Å². The second kappa shape index (κ2) is 24.4. The first-order valence-corrected chi connectivity index (χ1v) is 20.1. The first-order chi connectivity index (χ1) is 28.6. The average Bonchev–Trinajstić information content (AvgIpc) is 3.29. The molecule has 0 spiro atoms. The third kappa shape index (κ3) is 12.6. The zero-order valence-electron chi connectivity index (χ0n) is 35.4. The number of alkyl halides is 1. The molecular formula is C48H46INaO10. The van der Waals surface area contributed by atoms with Gasteiger partial charge in [-0.3, -0.25) is 9.59 Å². The summed E-state index contributed by atoms with van der Waals surface area (Å²) in [5, 5.41) is 35.3. The molecule has 0 saturated carbocycles. The first kappa shape index (κ1) is 48.6. The van der Waals surface area contributed by atoms with Gasteiger partial charge in [-0.1, -0.05) is 59.0 Å². The number of fused-ring (bicyclic) bond motifs is 4. The largest absolute Gasteiger partial charge is 1.00 e. The van der Waals surface area contributed by atoms with Gasteiger partial charge in [-0.15, -0.1) is 0 Å². The molecular weight excluding hydrogens is 886 g/mol. The van der Waals surface area contributed by atoms with E-state index < -0.39 is 0 Å². The minimum Gasteiger partial charge on any atom is -1.00 e.